The molecule has 24 heavy (non-hydrogen) atoms. The predicted octanol–water partition coefficient (Wildman–Crippen LogP) is 3.40. The molecule has 0 radical (unpaired) electrons. The van der Waals surface area contributed by atoms with Crippen LogP contribution in [0.15, 0.2) is 60.9 Å². The van der Waals surface area contributed by atoms with Crippen LogP contribution in [0.5, 0.6) is 0 Å². The first-order valence-electron chi connectivity index (χ1n) is 7.92. The number of aromatic nitrogens is 1. The quantitative estimate of drug-likeness (QED) is 0.707. The van der Waals surface area contributed by atoms with Crippen LogP contribution in [0.25, 0.3) is 10.8 Å². The monoisotopic (exact) mass is 321 g/mol. The SMILES string of the molecule is O=C(CCc1cccc2cnccc12)OCc1ccc(CO)cc1. The number of fused-ring (bicyclic) bond motifs is 1. The van der Waals surface area contributed by atoms with Crippen LogP contribution >= 0.6 is 0 Å². The van der Waals surface area contributed by atoms with E-state index in [1.807, 2.05) is 54.7 Å². The maximum absolute atomic E-state index is 12.0. The molecule has 3 rings (SSSR count). The van der Waals surface area contributed by atoms with Crippen molar-refractivity contribution in [1.29, 1.82) is 0 Å². The molecule has 1 N–H and O–H groups in total. The van der Waals surface area contributed by atoms with Crippen molar-refractivity contribution < 1.29 is 14.6 Å². The molecular weight excluding hydrogens is 302 g/mol. The zero-order valence-electron chi connectivity index (χ0n) is 13.3. The minimum absolute atomic E-state index is 0.0145. The van der Waals surface area contributed by atoms with Gasteiger partial charge in [0, 0.05) is 24.2 Å². The molecule has 122 valence electrons. The number of aryl methyl sites for hydroxylation is 1. The number of carbonyl (C=O) groups is 1. The van der Waals surface area contributed by atoms with Crippen LogP contribution in [-0.4, -0.2) is 16.1 Å². The summed E-state index contributed by atoms with van der Waals surface area (Å²) >= 11 is 0. The molecule has 4 heteroatoms. The van der Waals surface area contributed by atoms with Crippen molar-refractivity contribution in [2.75, 3.05) is 0 Å². The van der Waals surface area contributed by atoms with Gasteiger partial charge in [-0.15, -0.1) is 0 Å². The molecule has 0 aliphatic carbocycles. The van der Waals surface area contributed by atoms with Gasteiger partial charge in [-0.05, 0) is 34.6 Å². The van der Waals surface area contributed by atoms with Crippen molar-refractivity contribution in [2.45, 2.75) is 26.1 Å². The molecule has 0 amide bonds. The summed E-state index contributed by atoms with van der Waals surface area (Å²) in [4.78, 5) is 16.1. The highest BCUT2D eigenvalue weighted by molar-refractivity contribution is 5.85. The van der Waals surface area contributed by atoms with E-state index in [2.05, 4.69) is 4.98 Å². The van der Waals surface area contributed by atoms with Crippen LogP contribution in [0.1, 0.15) is 23.1 Å². The van der Waals surface area contributed by atoms with Crippen molar-refractivity contribution in [3.05, 3.63) is 77.6 Å². The number of nitrogens with zero attached hydrogens (tertiary/aromatic N) is 1. The minimum Gasteiger partial charge on any atom is -0.461 e. The van der Waals surface area contributed by atoms with Crippen LogP contribution in [-0.2, 0) is 29.2 Å². The summed E-state index contributed by atoms with van der Waals surface area (Å²) in [5.74, 6) is -0.215. The molecule has 1 heterocycles. The third-order valence-corrected chi connectivity index (χ3v) is 3.97. The van der Waals surface area contributed by atoms with Gasteiger partial charge >= 0.3 is 5.97 Å². The normalized spacial score (nSPS) is 10.7. The molecule has 0 spiro atoms. The van der Waals surface area contributed by atoms with Gasteiger partial charge in [-0.2, -0.15) is 0 Å². The highest BCUT2D eigenvalue weighted by Gasteiger charge is 2.07. The summed E-state index contributed by atoms with van der Waals surface area (Å²) in [6.45, 7) is 0.268. The van der Waals surface area contributed by atoms with Gasteiger partial charge in [0.2, 0.25) is 0 Å². The number of rotatable bonds is 6. The third-order valence-electron chi connectivity index (χ3n) is 3.97. The number of hydrogen-bond acceptors (Lipinski definition) is 4. The molecule has 0 saturated heterocycles. The Kier molecular flexibility index (Phi) is 5.18. The Hall–Kier alpha value is -2.72. The Morgan fingerprint density at radius 3 is 2.62 bits per heavy atom. The van der Waals surface area contributed by atoms with Gasteiger partial charge < -0.3 is 9.84 Å². The second kappa shape index (κ2) is 7.70. The Morgan fingerprint density at radius 1 is 1.04 bits per heavy atom. The predicted molar refractivity (Wildman–Crippen MR) is 92.2 cm³/mol. The van der Waals surface area contributed by atoms with Gasteiger partial charge in [0.15, 0.2) is 0 Å². The standard InChI is InChI=1S/C20H19NO3/c22-13-15-4-6-16(7-5-15)14-24-20(23)9-8-17-2-1-3-18-12-21-11-10-19(17)18/h1-7,10-12,22H,8-9,13-14H2. The molecule has 4 nitrogen and oxygen atoms in total. The first-order chi connectivity index (χ1) is 11.8. The fourth-order valence-corrected chi connectivity index (χ4v) is 2.62. The summed E-state index contributed by atoms with van der Waals surface area (Å²) in [6.07, 6.45) is 4.58. The van der Waals surface area contributed by atoms with Gasteiger partial charge in [-0.3, -0.25) is 9.78 Å². The number of carbonyl (C=O) groups excluding carboxylic acids is 1. The van der Waals surface area contributed by atoms with E-state index in [9.17, 15) is 4.79 Å². The molecule has 0 atom stereocenters. The maximum atomic E-state index is 12.0. The van der Waals surface area contributed by atoms with Crippen molar-refractivity contribution in [1.82, 2.24) is 4.98 Å². The van der Waals surface area contributed by atoms with Crippen LogP contribution in [0.2, 0.25) is 0 Å². The van der Waals surface area contributed by atoms with Gasteiger partial charge in [0.05, 0.1) is 6.61 Å². The van der Waals surface area contributed by atoms with E-state index in [1.165, 1.54) is 0 Å². The summed E-state index contributed by atoms with van der Waals surface area (Å²) < 4.78 is 5.32. The van der Waals surface area contributed by atoms with Crippen LogP contribution < -0.4 is 0 Å². The third kappa shape index (κ3) is 3.97. The fraction of sp³-hybridized carbons (Fsp3) is 0.200. The van der Waals surface area contributed by atoms with E-state index in [4.69, 9.17) is 9.84 Å². The molecule has 2 aromatic carbocycles. The van der Waals surface area contributed by atoms with Gasteiger partial charge in [-0.1, -0.05) is 42.5 Å². The smallest absolute Gasteiger partial charge is 0.306 e. The number of hydrogen-bond donors (Lipinski definition) is 1. The summed E-state index contributed by atoms with van der Waals surface area (Å²) in [5, 5.41) is 11.2. The molecule has 0 aliphatic heterocycles. The zero-order chi connectivity index (χ0) is 16.8. The Balaban J connectivity index is 1.55. The highest BCUT2D eigenvalue weighted by Crippen LogP contribution is 2.19. The van der Waals surface area contributed by atoms with E-state index in [1.54, 1.807) is 6.20 Å². The largest absolute Gasteiger partial charge is 0.461 e. The molecule has 3 aromatic rings. The van der Waals surface area contributed by atoms with E-state index < -0.39 is 0 Å². The second-order valence-electron chi connectivity index (χ2n) is 5.65. The zero-order valence-corrected chi connectivity index (χ0v) is 13.3. The van der Waals surface area contributed by atoms with Crippen molar-refractivity contribution >= 4 is 16.7 Å². The van der Waals surface area contributed by atoms with Gasteiger partial charge in [0.25, 0.3) is 0 Å². The number of ether oxygens (including phenoxy) is 1. The number of esters is 1. The molecule has 0 aliphatic rings. The van der Waals surface area contributed by atoms with Crippen LogP contribution in [0.4, 0.5) is 0 Å². The fourth-order valence-electron chi connectivity index (χ4n) is 2.62. The number of benzene rings is 2. The summed E-state index contributed by atoms with van der Waals surface area (Å²) in [6, 6.07) is 15.4. The molecule has 0 unspecified atom stereocenters. The lowest BCUT2D eigenvalue weighted by Gasteiger charge is -2.07. The minimum atomic E-state index is -0.215. The van der Waals surface area contributed by atoms with Crippen LogP contribution in [0, 0.1) is 0 Å². The van der Waals surface area contributed by atoms with Crippen molar-refractivity contribution in [3.63, 3.8) is 0 Å². The lowest BCUT2D eigenvalue weighted by atomic mass is 10.0. The lowest BCUT2D eigenvalue weighted by Crippen LogP contribution is -2.06. The molecule has 0 saturated carbocycles. The second-order valence-corrected chi connectivity index (χ2v) is 5.65. The summed E-state index contributed by atoms with van der Waals surface area (Å²) in [7, 11) is 0. The van der Waals surface area contributed by atoms with E-state index in [-0.39, 0.29) is 19.2 Å². The first-order valence-corrected chi connectivity index (χ1v) is 7.92. The summed E-state index contributed by atoms with van der Waals surface area (Å²) in [5.41, 5.74) is 2.88. The van der Waals surface area contributed by atoms with Gasteiger partial charge in [-0.25, -0.2) is 0 Å². The Bertz CT molecular complexity index is 822. The average molecular weight is 321 g/mol. The highest BCUT2D eigenvalue weighted by atomic mass is 16.5. The van der Waals surface area contributed by atoms with E-state index in [0.29, 0.717) is 12.8 Å². The maximum Gasteiger partial charge on any atom is 0.306 e. The average Bonchev–Trinajstić information content (AvgIpc) is 2.65. The van der Waals surface area contributed by atoms with Crippen molar-refractivity contribution in [2.24, 2.45) is 0 Å². The Morgan fingerprint density at radius 2 is 1.83 bits per heavy atom. The molecule has 0 bridgehead atoms. The van der Waals surface area contributed by atoms with E-state index in [0.717, 1.165) is 27.5 Å². The first kappa shape index (κ1) is 16.1. The van der Waals surface area contributed by atoms with E-state index >= 15 is 0 Å². The van der Waals surface area contributed by atoms with Crippen molar-refractivity contribution in [3.8, 4) is 0 Å². The number of aliphatic hydroxyl groups excluding tert-OH is 1. The molecular formula is C20H19NO3. The number of pyridine rings is 1. The number of aliphatic hydroxyl groups is 1. The Labute approximate surface area is 140 Å². The topological polar surface area (TPSA) is 59.4 Å². The van der Waals surface area contributed by atoms with Crippen LogP contribution in [0.3, 0.4) is 0 Å². The molecule has 1 aromatic heterocycles. The molecule has 0 fully saturated rings. The van der Waals surface area contributed by atoms with Gasteiger partial charge in [0.1, 0.15) is 6.61 Å². The lowest BCUT2D eigenvalue weighted by molar-refractivity contribution is -0.144.